The van der Waals surface area contributed by atoms with E-state index in [0.717, 1.165) is 21.8 Å². The number of benzene rings is 2. The monoisotopic (exact) mass is 499 g/mol. The minimum Gasteiger partial charge on any atom is -0.373 e. The van der Waals surface area contributed by atoms with Crippen molar-refractivity contribution in [2.75, 3.05) is 19.6 Å². The number of aromatic nitrogens is 1. The van der Waals surface area contributed by atoms with Crippen LogP contribution in [0, 0.1) is 6.92 Å². The zero-order valence-corrected chi connectivity index (χ0v) is 21.2. The number of morpholine rings is 1. The summed E-state index contributed by atoms with van der Waals surface area (Å²) in [6, 6.07) is 14.3. The smallest absolute Gasteiger partial charge is 0.251 e. The molecular weight excluding hydrogens is 470 g/mol. The molecule has 2 atom stereocenters. The van der Waals surface area contributed by atoms with E-state index in [1.807, 2.05) is 50.4 Å². The molecule has 0 saturated carbocycles. The Balaban J connectivity index is 1.36. The van der Waals surface area contributed by atoms with Gasteiger partial charge in [-0.2, -0.15) is 4.31 Å². The molecule has 0 bridgehead atoms. The third-order valence-corrected chi connectivity index (χ3v) is 8.29. The van der Waals surface area contributed by atoms with E-state index < -0.39 is 10.0 Å². The number of thiazole rings is 1. The number of hydrogen-bond acceptors (Lipinski definition) is 6. The largest absolute Gasteiger partial charge is 0.373 e. The van der Waals surface area contributed by atoms with Gasteiger partial charge in [0.1, 0.15) is 0 Å². The van der Waals surface area contributed by atoms with Crippen LogP contribution in [0.1, 0.15) is 34.8 Å². The van der Waals surface area contributed by atoms with Crippen molar-refractivity contribution in [2.24, 2.45) is 0 Å². The highest BCUT2D eigenvalue weighted by Gasteiger charge is 2.32. The van der Waals surface area contributed by atoms with Crippen molar-refractivity contribution in [1.82, 2.24) is 14.6 Å². The third-order valence-electron chi connectivity index (χ3n) is 5.69. The van der Waals surface area contributed by atoms with E-state index in [1.54, 1.807) is 23.5 Å². The fourth-order valence-electron chi connectivity index (χ4n) is 4.03. The molecule has 9 heteroatoms. The van der Waals surface area contributed by atoms with Crippen molar-refractivity contribution < 1.29 is 17.9 Å². The van der Waals surface area contributed by atoms with Gasteiger partial charge < -0.3 is 10.1 Å². The summed E-state index contributed by atoms with van der Waals surface area (Å²) in [6.07, 6.45) is 0.318. The Morgan fingerprint density at radius 1 is 1.15 bits per heavy atom. The lowest BCUT2D eigenvalue weighted by molar-refractivity contribution is -0.0440. The molecule has 1 fully saturated rings. The van der Waals surface area contributed by atoms with Gasteiger partial charge in [0.25, 0.3) is 5.91 Å². The van der Waals surface area contributed by atoms with Crippen molar-refractivity contribution in [1.29, 1.82) is 0 Å². The molecule has 3 aromatic rings. The SMILES string of the molecule is Cc1nc(-c2ccc(CCNC(=O)c3cccc(S(=O)(=O)N4C[C@@H](C)O[C@@H](C)C4)c3)cc2)cs1. The van der Waals surface area contributed by atoms with E-state index in [4.69, 9.17) is 4.74 Å². The molecule has 0 spiro atoms. The highest BCUT2D eigenvalue weighted by atomic mass is 32.2. The normalized spacial score (nSPS) is 19.1. The first-order chi connectivity index (χ1) is 16.2. The summed E-state index contributed by atoms with van der Waals surface area (Å²) < 4.78 is 33.3. The first-order valence-electron chi connectivity index (χ1n) is 11.3. The van der Waals surface area contributed by atoms with Gasteiger partial charge in [-0.3, -0.25) is 4.79 Å². The first-order valence-corrected chi connectivity index (χ1v) is 13.6. The molecule has 1 amide bonds. The minimum atomic E-state index is -3.70. The molecule has 0 unspecified atom stereocenters. The van der Waals surface area contributed by atoms with E-state index in [0.29, 0.717) is 31.6 Å². The van der Waals surface area contributed by atoms with E-state index >= 15 is 0 Å². The number of aryl methyl sites for hydroxylation is 1. The van der Waals surface area contributed by atoms with Crippen LogP contribution in [0.4, 0.5) is 0 Å². The van der Waals surface area contributed by atoms with E-state index in [-0.39, 0.29) is 23.0 Å². The van der Waals surface area contributed by atoms with Crippen LogP contribution in [0.5, 0.6) is 0 Å². The first kappa shape index (κ1) is 24.5. The second-order valence-electron chi connectivity index (χ2n) is 8.56. The van der Waals surface area contributed by atoms with Gasteiger partial charge in [-0.25, -0.2) is 13.4 Å². The number of hydrogen-bond donors (Lipinski definition) is 1. The lowest BCUT2D eigenvalue weighted by atomic mass is 10.1. The maximum atomic E-state index is 13.1. The molecule has 7 nitrogen and oxygen atoms in total. The Hall–Kier alpha value is -2.59. The van der Waals surface area contributed by atoms with E-state index in [9.17, 15) is 13.2 Å². The molecule has 2 aromatic carbocycles. The summed E-state index contributed by atoms with van der Waals surface area (Å²) in [4.78, 5) is 17.3. The molecule has 1 aromatic heterocycles. The molecule has 1 aliphatic rings. The van der Waals surface area contributed by atoms with E-state index in [1.165, 1.54) is 16.4 Å². The molecule has 2 heterocycles. The summed E-state index contributed by atoms with van der Waals surface area (Å²) in [5.41, 5.74) is 3.46. The fourth-order valence-corrected chi connectivity index (χ4v) is 6.29. The van der Waals surface area contributed by atoms with Gasteiger partial charge in [-0.1, -0.05) is 30.3 Å². The van der Waals surface area contributed by atoms with Crippen molar-refractivity contribution >= 4 is 27.3 Å². The average molecular weight is 500 g/mol. The number of carbonyl (C=O) groups excluding carboxylic acids is 1. The highest BCUT2D eigenvalue weighted by Crippen LogP contribution is 2.23. The summed E-state index contributed by atoms with van der Waals surface area (Å²) in [6.45, 7) is 6.74. The highest BCUT2D eigenvalue weighted by molar-refractivity contribution is 7.89. The molecule has 34 heavy (non-hydrogen) atoms. The average Bonchev–Trinajstić information content (AvgIpc) is 3.25. The number of amides is 1. The van der Waals surface area contributed by atoms with Crippen molar-refractivity contribution in [3.05, 3.63) is 70.0 Å². The van der Waals surface area contributed by atoms with Crippen molar-refractivity contribution in [3.8, 4) is 11.3 Å². The van der Waals surface area contributed by atoms with Crippen LogP contribution in [0.2, 0.25) is 0 Å². The molecule has 4 rings (SSSR count). The van der Waals surface area contributed by atoms with Crippen LogP contribution >= 0.6 is 11.3 Å². The predicted octanol–water partition coefficient (Wildman–Crippen LogP) is 3.89. The topological polar surface area (TPSA) is 88.6 Å². The van der Waals surface area contributed by atoms with Gasteiger partial charge in [-0.15, -0.1) is 11.3 Å². The number of ether oxygens (including phenoxy) is 1. The maximum absolute atomic E-state index is 13.1. The molecule has 0 radical (unpaired) electrons. The van der Waals surface area contributed by atoms with Crippen molar-refractivity contribution in [2.45, 2.75) is 44.3 Å². The Labute approximate surface area is 204 Å². The maximum Gasteiger partial charge on any atom is 0.251 e. The van der Waals surface area contributed by atoms with Gasteiger partial charge in [-0.05, 0) is 51.0 Å². The van der Waals surface area contributed by atoms with Crippen LogP contribution < -0.4 is 5.32 Å². The summed E-state index contributed by atoms with van der Waals surface area (Å²) >= 11 is 1.62. The lowest BCUT2D eigenvalue weighted by Gasteiger charge is -2.34. The standard InChI is InChI=1S/C25H29N3O4S2/c1-17-14-28(15-18(2)32-17)34(30,31)23-6-4-5-22(13-23)25(29)26-12-11-20-7-9-21(10-8-20)24-16-33-19(3)27-24/h4-10,13,16-18H,11-12,14-15H2,1-3H3,(H,26,29)/t17-,18+. The minimum absolute atomic E-state index is 0.120. The number of sulfonamides is 1. The molecule has 0 aliphatic carbocycles. The zero-order chi connectivity index (χ0) is 24.3. The summed E-state index contributed by atoms with van der Waals surface area (Å²) in [7, 11) is -3.70. The fraction of sp³-hybridized carbons (Fsp3) is 0.360. The molecular formula is C25H29N3O4S2. The quantitative estimate of drug-likeness (QED) is 0.533. The molecule has 1 aliphatic heterocycles. The van der Waals surface area contributed by atoms with Gasteiger partial charge in [0.05, 0.1) is 27.8 Å². The third kappa shape index (κ3) is 5.72. The second-order valence-corrected chi connectivity index (χ2v) is 11.6. The van der Waals surface area contributed by atoms with Gasteiger partial charge >= 0.3 is 0 Å². The van der Waals surface area contributed by atoms with Crippen LogP contribution in [-0.2, 0) is 21.2 Å². The molecule has 1 N–H and O–H groups in total. The van der Waals surface area contributed by atoms with Crippen LogP contribution in [0.15, 0.2) is 58.8 Å². The Morgan fingerprint density at radius 2 is 1.85 bits per heavy atom. The second kappa shape index (κ2) is 10.4. The zero-order valence-electron chi connectivity index (χ0n) is 19.5. The molecule has 1 saturated heterocycles. The predicted molar refractivity (Wildman–Crippen MR) is 134 cm³/mol. The van der Waals surface area contributed by atoms with Crippen LogP contribution in [0.3, 0.4) is 0 Å². The van der Waals surface area contributed by atoms with Crippen LogP contribution in [0.25, 0.3) is 11.3 Å². The lowest BCUT2D eigenvalue weighted by Crippen LogP contribution is -2.48. The van der Waals surface area contributed by atoms with Crippen LogP contribution in [-0.4, -0.2) is 55.5 Å². The number of rotatable bonds is 7. The Bertz CT molecular complexity index is 1250. The number of nitrogens with zero attached hydrogens (tertiary/aromatic N) is 2. The van der Waals surface area contributed by atoms with Gasteiger partial charge in [0.2, 0.25) is 10.0 Å². The number of nitrogens with one attached hydrogen (secondary N) is 1. The van der Waals surface area contributed by atoms with Gasteiger partial charge in [0.15, 0.2) is 0 Å². The Morgan fingerprint density at radius 3 is 2.50 bits per heavy atom. The Kier molecular flexibility index (Phi) is 7.47. The molecule has 180 valence electrons. The van der Waals surface area contributed by atoms with Crippen molar-refractivity contribution in [3.63, 3.8) is 0 Å². The summed E-state index contributed by atoms with van der Waals surface area (Å²) in [5, 5.41) is 5.97. The van der Waals surface area contributed by atoms with E-state index in [2.05, 4.69) is 10.3 Å². The summed E-state index contributed by atoms with van der Waals surface area (Å²) in [5.74, 6) is -0.296. The number of carbonyl (C=O) groups is 1. The van der Waals surface area contributed by atoms with Gasteiger partial charge in [0, 0.05) is 36.1 Å².